The van der Waals surface area contributed by atoms with E-state index < -0.39 is 5.97 Å². The first-order chi connectivity index (χ1) is 13.4. The monoisotopic (exact) mass is 482 g/mol. The number of carbonyl (C=O) groups excluding carboxylic acids is 1. The fourth-order valence-corrected chi connectivity index (χ4v) is 4.06. The Balaban J connectivity index is 1.71. The summed E-state index contributed by atoms with van der Waals surface area (Å²) in [5.74, 6) is -0.254. The molecule has 0 saturated carbocycles. The lowest BCUT2D eigenvalue weighted by Gasteiger charge is -2.09. The average molecular weight is 483 g/mol. The van der Waals surface area contributed by atoms with Crippen LogP contribution >= 0.6 is 39.5 Å². The van der Waals surface area contributed by atoms with Gasteiger partial charge >= 0.3 is 5.97 Å². The fourth-order valence-electron chi connectivity index (χ4n) is 2.47. The van der Waals surface area contributed by atoms with E-state index >= 15 is 0 Å². The number of rotatable bonds is 5. The van der Waals surface area contributed by atoms with Crippen molar-refractivity contribution in [2.75, 3.05) is 17.7 Å². The predicted molar refractivity (Wildman–Crippen MR) is 116 cm³/mol. The van der Waals surface area contributed by atoms with E-state index in [0.29, 0.717) is 26.4 Å². The zero-order valence-corrected chi connectivity index (χ0v) is 18.2. The Morgan fingerprint density at radius 1 is 1.39 bits per heavy atom. The third-order valence-corrected chi connectivity index (χ3v) is 5.48. The average Bonchev–Trinajstić information content (AvgIpc) is 3.18. The predicted octanol–water partition coefficient (Wildman–Crippen LogP) is 4.80. The Kier molecular flexibility index (Phi) is 6.42. The van der Waals surface area contributed by atoms with Crippen LogP contribution in [0.25, 0.3) is 0 Å². The number of nitrogens with one attached hydrogen (secondary N) is 2. The highest BCUT2D eigenvalue weighted by molar-refractivity contribution is 9.10. The second-order valence-corrected chi connectivity index (χ2v) is 8.30. The fraction of sp³-hybridized carbons (Fsp3) is 0.167. The summed E-state index contributed by atoms with van der Waals surface area (Å²) in [5, 5.41) is 11.2. The summed E-state index contributed by atoms with van der Waals surface area (Å²) in [6.45, 7) is 2.17. The second-order valence-electron chi connectivity index (χ2n) is 5.79. The van der Waals surface area contributed by atoms with Gasteiger partial charge in [-0.2, -0.15) is 5.10 Å². The third-order valence-electron chi connectivity index (χ3n) is 3.73. The molecule has 0 fully saturated rings. The minimum atomic E-state index is -0.440. The standard InChI is InChI=1S/C18H16BrFN4O2S2/c1-10-7-12(17(25)26-2)16(28-10)22-18(27)21-15-13(19)9-24(23-15)8-11-5-3-4-6-14(11)20/h3-7,9H,8H2,1-2H3,(H2,21,22,23,27). The van der Waals surface area contributed by atoms with Gasteiger partial charge in [0.25, 0.3) is 0 Å². The normalized spacial score (nSPS) is 10.6. The minimum absolute atomic E-state index is 0.267. The number of nitrogens with zero attached hydrogens (tertiary/aromatic N) is 2. The van der Waals surface area contributed by atoms with E-state index in [4.69, 9.17) is 17.0 Å². The molecule has 10 heteroatoms. The number of hydrogen-bond donors (Lipinski definition) is 2. The molecule has 3 aromatic rings. The van der Waals surface area contributed by atoms with E-state index in [1.807, 2.05) is 6.92 Å². The number of halogens is 2. The van der Waals surface area contributed by atoms with E-state index in [1.54, 1.807) is 35.1 Å². The molecule has 146 valence electrons. The number of thiocarbonyl (C=S) groups is 1. The summed E-state index contributed by atoms with van der Waals surface area (Å²) in [7, 11) is 1.33. The highest BCUT2D eigenvalue weighted by atomic mass is 79.9. The molecule has 0 radical (unpaired) electrons. The van der Waals surface area contributed by atoms with E-state index in [0.717, 1.165) is 4.88 Å². The molecule has 0 aliphatic rings. The SMILES string of the molecule is COC(=O)c1cc(C)sc1NC(=S)Nc1nn(Cc2ccccc2F)cc1Br. The van der Waals surface area contributed by atoms with Crippen molar-refractivity contribution < 1.29 is 13.9 Å². The van der Waals surface area contributed by atoms with Gasteiger partial charge in [0, 0.05) is 16.6 Å². The maximum atomic E-state index is 13.8. The van der Waals surface area contributed by atoms with Gasteiger partial charge in [0.15, 0.2) is 10.9 Å². The highest BCUT2D eigenvalue weighted by Gasteiger charge is 2.17. The van der Waals surface area contributed by atoms with Crippen LogP contribution in [0.5, 0.6) is 0 Å². The maximum Gasteiger partial charge on any atom is 0.340 e. The number of esters is 1. The zero-order chi connectivity index (χ0) is 20.3. The second kappa shape index (κ2) is 8.80. The van der Waals surface area contributed by atoms with E-state index in [1.165, 1.54) is 24.5 Å². The van der Waals surface area contributed by atoms with Gasteiger partial charge in [-0.05, 0) is 47.2 Å². The van der Waals surface area contributed by atoms with Crippen LogP contribution in [0.4, 0.5) is 15.2 Å². The smallest absolute Gasteiger partial charge is 0.340 e. The number of anilines is 2. The molecule has 2 heterocycles. The first kappa shape index (κ1) is 20.4. The molecular weight excluding hydrogens is 467 g/mol. The molecule has 0 atom stereocenters. The van der Waals surface area contributed by atoms with Crippen LogP contribution in [0, 0.1) is 12.7 Å². The van der Waals surface area contributed by atoms with Crippen LogP contribution in [-0.4, -0.2) is 28.0 Å². The Morgan fingerprint density at radius 2 is 2.14 bits per heavy atom. The Morgan fingerprint density at radius 3 is 2.86 bits per heavy atom. The van der Waals surface area contributed by atoms with Gasteiger partial charge in [0.05, 0.1) is 23.7 Å². The van der Waals surface area contributed by atoms with E-state index in [9.17, 15) is 9.18 Å². The third kappa shape index (κ3) is 4.75. The zero-order valence-electron chi connectivity index (χ0n) is 15.0. The van der Waals surface area contributed by atoms with Gasteiger partial charge in [-0.25, -0.2) is 9.18 Å². The molecule has 6 nitrogen and oxygen atoms in total. The number of carbonyl (C=O) groups is 1. The topological polar surface area (TPSA) is 68.2 Å². The van der Waals surface area contributed by atoms with Crippen molar-refractivity contribution >= 4 is 61.4 Å². The molecule has 1 aromatic carbocycles. The molecule has 0 aliphatic heterocycles. The van der Waals surface area contributed by atoms with Gasteiger partial charge in [-0.15, -0.1) is 11.3 Å². The van der Waals surface area contributed by atoms with Crippen molar-refractivity contribution in [1.29, 1.82) is 0 Å². The molecule has 0 amide bonds. The van der Waals surface area contributed by atoms with Crippen LogP contribution in [-0.2, 0) is 11.3 Å². The molecule has 0 spiro atoms. The molecular formula is C18H16BrFN4O2S2. The van der Waals surface area contributed by atoms with Gasteiger partial charge in [0.2, 0.25) is 0 Å². The van der Waals surface area contributed by atoms with Crippen LogP contribution in [0.2, 0.25) is 0 Å². The van der Waals surface area contributed by atoms with Crippen molar-refractivity contribution in [1.82, 2.24) is 9.78 Å². The van der Waals surface area contributed by atoms with Crippen molar-refractivity contribution in [2.45, 2.75) is 13.5 Å². The Bertz CT molecular complexity index is 1030. The van der Waals surface area contributed by atoms with E-state index in [2.05, 4.69) is 31.7 Å². The molecule has 0 unspecified atom stereocenters. The summed E-state index contributed by atoms with van der Waals surface area (Å²) in [4.78, 5) is 12.8. The highest BCUT2D eigenvalue weighted by Crippen LogP contribution is 2.29. The molecule has 28 heavy (non-hydrogen) atoms. The first-order valence-corrected chi connectivity index (χ1v) is 10.1. The largest absolute Gasteiger partial charge is 0.465 e. The molecule has 0 bridgehead atoms. The number of aryl methyl sites for hydroxylation is 1. The lowest BCUT2D eigenvalue weighted by molar-refractivity contribution is 0.0602. The number of thiophene rings is 1. The number of ether oxygens (including phenoxy) is 1. The summed E-state index contributed by atoms with van der Waals surface area (Å²) in [6, 6.07) is 8.27. The van der Waals surface area contributed by atoms with Gasteiger partial charge in [-0.1, -0.05) is 18.2 Å². The molecule has 0 saturated heterocycles. The van der Waals surface area contributed by atoms with Gasteiger partial charge in [0.1, 0.15) is 10.8 Å². The van der Waals surface area contributed by atoms with Gasteiger partial charge < -0.3 is 15.4 Å². The minimum Gasteiger partial charge on any atom is -0.465 e. The lowest BCUT2D eigenvalue weighted by atomic mass is 10.2. The van der Waals surface area contributed by atoms with Crippen LogP contribution < -0.4 is 10.6 Å². The Hall–Kier alpha value is -2.30. The van der Waals surface area contributed by atoms with E-state index in [-0.39, 0.29) is 17.5 Å². The molecule has 2 N–H and O–H groups in total. The summed E-state index contributed by atoms with van der Waals surface area (Å²) >= 11 is 10.1. The number of methoxy groups -OCH3 is 1. The first-order valence-electron chi connectivity index (χ1n) is 8.10. The van der Waals surface area contributed by atoms with Crippen LogP contribution in [0.1, 0.15) is 20.8 Å². The maximum absolute atomic E-state index is 13.8. The quantitative estimate of drug-likeness (QED) is 0.402. The number of hydrogen-bond acceptors (Lipinski definition) is 5. The summed E-state index contributed by atoms with van der Waals surface area (Å²) in [5.41, 5.74) is 0.944. The summed E-state index contributed by atoms with van der Waals surface area (Å²) < 4.78 is 20.9. The lowest BCUT2D eigenvalue weighted by Crippen LogP contribution is -2.20. The van der Waals surface area contributed by atoms with Crippen molar-refractivity contribution in [3.63, 3.8) is 0 Å². The number of aromatic nitrogens is 2. The Labute approximate surface area is 178 Å². The van der Waals surface area contributed by atoms with Crippen molar-refractivity contribution in [3.8, 4) is 0 Å². The van der Waals surface area contributed by atoms with Crippen molar-refractivity contribution in [2.24, 2.45) is 0 Å². The number of benzene rings is 1. The molecule has 0 aliphatic carbocycles. The summed E-state index contributed by atoms with van der Waals surface area (Å²) in [6.07, 6.45) is 1.73. The van der Waals surface area contributed by atoms with Crippen molar-refractivity contribution in [3.05, 3.63) is 62.8 Å². The molecule has 3 rings (SSSR count). The molecule has 2 aromatic heterocycles. The van der Waals surface area contributed by atoms with Crippen LogP contribution in [0.3, 0.4) is 0 Å². The van der Waals surface area contributed by atoms with Crippen LogP contribution in [0.15, 0.2) is 41.0 Å². The van der Waals surface area contributed by atoms with Gasteiger partial charge in [-0.3, -0.25) is 4.68 Å².